The Kier molecular flexibility index (Phi) is 4.37. The van der Waals surface area contributed by atoms with E-state index in [9.17, 15) is 9.59 Å². The summed E-state index contributed by atoms with van der Waals surface area (Å²) in [5, 5.41) is 4.60. The highest BCUT2D eigenvalue weighted by molar-refractivity contribution is 5.77. The first-order valence-electron chi connectivity index (χ1n) is 11.6. The highest BCUT2D eigenvalue weighted by atomic mass is 16.5. The van der Waals surface area contributed by atoms with Gasteiger partial charge in [-0.05, 0) is 74.0 Å². The second-order valence-electron chi connectivity index (χ2n) is 10.7. The maximum absolute atomic E-state index is 12.2. The summed E-state index contributed by atoms with van der Waals surface area (Å²) in [6.45, 7) is 10.1. The van der Waals surface area contributed by atoms with Crippen LogP contribution < -0.4 is 0 Å². The molecule has 2 fully saturated rings. The van der Waals surface area contributed by atoms with E-state index in [1.54, 1.807) is 11.6 Å². The molecular weight excluding hydrogens is 376 g/mol. The van der Waals surface area contributed by atoms with Crippen LogP contribution in [0.1, 0.15) is 88.0 Å². The van der Waals surface area contributed by atoms with Gasteiger partial charge in [0.2, 0.25) is 5.91 Å². The average Bonchev–Trinajstić information content (AvgIpc) is 3.16. The van der Waals surface area contributed by atoms with E-state index < -0.39 is 0 Å². The number of ether oxygens (including phenoxy) is 1. The van der Waals surface area contributed by atoms with Crippen molar-refractivity contribution in [2.24, 2.45) is 23.2 Å². The van der Waals surface area contributed by atoms with E-state index in [1.165, 1.54) is 36.6 Å². The summed E-state index contributed by atoms with van der Waals surface area (Å²) < 4.78 is 7.25. The fourth-order valence-electron chi connectivity index (χ4n) is 7.95. The van der Waals surface area contributed by atoms with Gasteiger partial charge in [-0.3, -0.25) is 9.59 Å². The molecule has 4 aliphatic carbocycles. The molecule has 5 nitrogen and oxygen atoms in total. The van der Waals surface area contributed by atoms with Crippen LogP contribution in [0.2, 0.25) is 0 Å². The van der Waals surface area contributed by atoms with Crippen molar-refractivity contribution in [3.8, 4) is 0 Å². The molecule has 0 radical (unpaired) electrons. The Morgan fingerprint density at radius 3 is 2.53 bits per heavy atom. The number of nitrogens with zero attached hydrogens (tertiary/aromatic N) is 2. The van der Waals surface area contributed by atoms with Crippen molar-refractivity contribution < 1.29 is 14.3 Å². The Morgan fingerprint density at radius 1 is 1.10 bits per heavy atom. The van der Waals surface area contributed by atoms with Crippen molar-refractivity contribution in [2.45, 2.75) is 91.1 Å². The molecule has 0 amide bonds. The summed E-state index contributed by atoms with van der Waals surface area (Å²) in [6, 6.07) is 0. The number of esters is 1. The third-order valence-electron chi connectivity index (χ3n) is 9.22. The van der Waals surface area contributed by atoms with Crippen molar-refractivity contribution in [3.63, 3.8) is 0 Å². The van der Waals surface area contributed by atoms with Gasteiger partial charge in [-0.15, -0.1) is 0 Å². The van der Waals surface area contributed by atoms with Crippen molar-refractivity contribution in [1.82, 2.24) is 9.78 Å². The molecule has 1 heterocycles. The van der Waals surface area contributed by atoms with Crippen LogP contribution in [0.25, 0.3) is 0 Å². The number of rotatable bonds is 1. The fraction of sp³-hybridized carbons (Fsp3) is 0.720. The van der Waals surface area contributed by atoms with Crippen LogP contribution in [-0.2, 0) is 21.4 Å². The first-order chi connectivity index (χ1) is 14.1. The molecule has 0 bridgehead atoms. The highest BCUT2D eigenvalue weighted by Gasteiger charge is 2.59. The molecule has 1 aromatic heterocycles. The lowest BCUT2D eigenvalue weighted by Crippen LogP contribution is -2.51. The SMILES string of the molecule is CC(=O)O[C@@H]1CC[C@@]2(C)C(=CC[C@H]3[C@H]2CC[C@]2(C)c4c(C)nn(C(C)=O)c4C[C@@H]32)C1. The number of allylic oxidation sites excluding steroid dienone is 1. The largest absolute Gasteiger partial charge is 0.462 e. The molecule has 2 saturated carbocycles. The van der Waals surface area contributed by atoms with Gasteiger partial charge in [-0.25, -0.2) is 4.68 Å². The monoisotopic (exact) mass is 410 g/mol. The van der Waals surface area contributed by atoms with E-state index in [1.807, 2.05) is 0 Å². The molecule has 1 aromatic rings. The van der Waals surface area contributed by atoms with Gasteiger partial charge in [-0.2, -0.15) is 5.10 Å². The van der Waals surface area contributed by atoms with Crippen LogP contribution in [0.5, 0.6) is 0 Å². The smallest absolute Gasteiger partial charge is 0.302 e. The molecule has 0 spiro atoms. The molecule has 5 rings (SSSR count). The van der Waals surface area contributed by atoms with Crippen LogP contribution >= 0.6 is 0 Å². The second kappa shape index (κ2) is 6.54. The van der Waals surface area contributed by atoms with Crippen LogP contribution in [0.4, 0.5) is 0 Å². The number of aromatic nitrogens is 2. The molecule has 0 saturated heterocycles. The first-order valence-corrected chi connectivity index (χ1v) is 11.6. The zero-order valence-corrected chi connectivity index (χ0v) is 19.0. The van der Waals surface area contributed by atoms with E-state index in [2.05, 4.69) is 31.9 Å². The standard InChI is InChI=1S/C25H34N2O3/c1-14-23-22(27(26-14)15(2)28)13-21-19-7-6-17-12-18(30-16(3)29)8-10-24(17,4)20(19)9-11-25(21,23)5/h6,18-21H,7-13H2,1-5H3/t18-,19+,20-,21+,24+,25+/m1/s1. The molecule has 30 heavy (non-hydrogen) atoms. The van der Waals surface area contributed by atoms with E-state index in [4.69, 9.17) is 4.74 Å². The normalized spacial score (nSPS) is 39.3. The van der Waals surface area contributed by atoms with Crippen molar-refractivity contribution in [3.05, 3.63) is 28.6 Å². The zero-order chi connectivity index (χ0) is 21.4. The molecule has 5 heteroatoms. The van der Waals surface area contributed by atoms with Gasteiger partial charge in [0.15, 0.2) is 0 Å². The number of carbonyl (C=O) groups is 2. The lowest BCUT2D eigenvalue weighted by molar-refractivity contribution is -0.148. The van der Waals surface area contributed by atoms with Gasteiger partial charge in [0.1, 0.15) is 6.10 Å². The summed E-state index contributed by atoms with van der Waals surface area (Å²) in [5.74, 6) is 1.77. The fourth-order valence-corrected chi connectivity index (χ4v) is 7.95. The molecule has 4 aliphatic rings. The minimum atomic E-state index is -0.162. The van der Waals surface area contributed by atoms with Gasteiger partial charge in [0.25, 0.3) is 0 Å². The third kappa shape index (κ3) is 2.63. The van der Waals surface area contributed by atoms with Crippen LogP contribution in [0.3, 0.4) is 0 Å². The molecule has 0 aromatic carbocycles. The third-order valence-corrected chi connectivity index (χ3v) is 9.22. The summed E-state index contributed by atoms with van der Waals surface area (Å²) in [7, 11) is 0. The second-order valence-corrected chi connectivity index (χ2v) is 10.7. The minimum absolute atomic E-state index is 0.0275. The van der Waals surface area contributed by atoms with Crippen LogP contribution in [0.15, 0.2) is 11.6 Å². The quantitative estimate of drug-likeness (QED) is 0.495. The van der Waals surface area contributed by atoms with Gasteiger partial charge in [-0.1, -0.05) is 25.5 Å². The topological polar surface area (TPSA) is 61.2 Å². The van der Waals surface area contributed by atoms with Gasteiger partial charge in [0, 0.05) is 25.8 Å². The maximum atomic E-state index is 12.2. The summed E-state index contributed by atoms with van der Waals surface area (Å²) in [5.41, 5.74) is 5.45. The predicted octanol–water partition coefficient (Wildman–Crippen LogP) is 4.76. The van der Waals surface area contributed by atoms with Crippen molar-refractivity contribution in [1.29, 1.82) is 0 Å². The van der Waals surface area contributed by atoms with E-state index in [0.29, 0.717) is 17.8 Å². The summed E-state index contributed by atoms with van der Waals surface area (Å²) in [4.78, 5) is 23.7. The summed E-state index contributed by atoms with van der Waals surface area (Å²) in [6.07, 6.45) is 10.00. The highest BCUT2D eigenvalue weighted by Crippen LogP contribution is 2.64. The Labute approximate surface area is 179 Å². The zero-order valence-electron chi connectivity index (χ0n) is 19.0. The number of fused-ring (bicyclic) bond motifs is 7. The van der Waals surface area contributed by atoms with Crippen molar-refractivity contribution in [2.75, 3.05) is 0 Å². The number of aryl methyl sites for hydroxylation is 1. The van der Waals surface area contributed by atoms with Gasteiger partial charge in [0.05, 0.1) is 11.4 Å². The lowest BCUT2D eigenvalue weighted by atomic mass is 9.47. The molecule has 0 unspecified atom stereocenters. The Hall–Kier alpha value is -1.91. The molecule has 162 valence electrons. The molecular formula is C25H34N2O3. The Bertz CT molecular complexity index is 960. The van der Waals surface area contributed by atoms with E-state index in [0.717, 1.165) is 37.8 Å². The minimum Gasteiger partial charge on any atom is -0.462 e. The van der Waals surface area contributed by atoms with Crippen LogP contribution in [-0.4, -0.2) is 27.8 Å². The maximum Gasteiger partial charge on any atom is 0.302 e. The molecule has 0 N–H and O–H groups in total. The predicted molar refractivity (Wildman–Crippen MR) is 114 cm³/mol. The number of hydrogen-bond donors (Lipinski definition) is 0. The van der Waals surface area contributed by atoms with Crippen LogP contribution in [0, 0.1) is 30.1 Å². The summed E-state index contributed by atoms with van der Waals surface area (Å²) >= 11 is 0. The number of hydrogen-bond acceptors (Lipinski definition) is 4. The Morgan fingerprint density at radius 2 is 1.83 bits per heavy atom. The lowest BCUT2D eigenvalue weighted by Gasteiger charge is -2.57. The first kappa shape index (κ1) is 20.0. The van der Waals surface area contributed by atoms with E-state index >= 15 is 0 Å². The van der Waals surface area contributed by atoms with E-state index in [-0.39, 0.29) is 28.8 Å². The molecule has 0 aliphatic heterocycles. The van der Waals surface area contributed by atoms with Gasteiger partial charge >= 0.3 is 5.97 Å². The van der Waals surface area contributed by atoms with Crippen molar-refractivity contribution >= 4 is 11.9 Å². The van der Waals surface area contributed by atoms with Gasteiger partial charge < -0.3 is 4.74 Å². The molecule has 6 atom stereocenters. The average molecular weight is 411 g/mol. The number of carbonyl (C=O) groups excluding carboxylic acids is 2. The Balaban J connectivity index is 1.47.